The Balaban J connectivity index is 1.59. The molecule has 1 unspecified atom stereocenters. The highest BCUT2D eigenvalue weighted by molar-refractivity contribution is 5.87. The molecule has 5 nitrogen and oxygen atoms in total. The number of hydrogen-bond acceptors (Lipinski definition) is 4. The number of aromatic nitrogens is 2. The van der Waals surface area contributed by atoms with Crippen molar-refractivity contribution in [2.24, 2.45) is 0 Å². The molecule has 25 heavy (non-hydrogen) atoms. The number of nitrogens with zero attached hydrogens (tertiary/aromatic N) is 2. The van der Waals surface area contributed by atoms with Gasteiger partial charge in [0, 0.05) is 42.0 Å². The molecule has 0 saturated carbocycles. The molecule has 3 aromatic rings. The topological polar surface area (TPSA) is 88.3 Å². The predicted octanol–water partition coefficient (Wildman–Crippen LogP) is 4.45. The predicted molar refractivity (Wildman–Crippen MR) is 101 cm³/mol. The van der Waals surface area contributed by atoms with E-state index in [0.29, 0.717) is 30.7 Å². The molecule has 1 atom stereocenters. The normalized spacial score (nSPS) is 11.8. The third-order valence-corrected chi connectivity index (χ3v) is 4.32. The van der Waals surface area contributed by atoms with Crippen molar-refractivity contribution in [2.45, 2.75) is 25.7 Å². The van der Waals surface area contributed by atoms with Gasteiger partial charge in [0.25, 0.3) is 0 Å². The smallest absolute Gasteiger partial charge is 0.125 e. The summed E-state index contributed by atoms with van der Waals surface area (Å²) in [4.78, 5) is 7.47. The molecular formula is C20H21N5. The van der Waals surface area contributed by atoms with E-state index in [-0.39, 0.29) is 5.92 Å². The average molecular weight is 331 g/mol. The Hall–Kier alpha value is -3.13. The lowest BCUT2D eigenvalue weighted by Gasteiger charge is -2.12. The van der Waals surface area contributed by atoms with Gasteiger partial charge in [-0.15, -0.1) is 0 Å². The maximum Gasteiger partial charge on any atom is 0.125 e. The van der Waals surface area contributed by atoms with Gasteiger partial charge in [0.15, 0.2) is 0 Å². The zero-order valence-electron chi connectivity index (χ0n) is 14.2. The van der Waals surface area contributed by atoms with E-state index >= 15 is 0 Å². The van der Waals surface area contributed by atoms with Crippen LogP contribution < -0.4 is 5.32 Å². The molecule has 0 saturated heterocycles. The standard InChI is InChI=1S/C20H21N5/c1-14(10-16(22)7-9-24-20-4-2-3-8-23-20)18-13-25-19-6-5-15(12-21)11-17(18)19/h2-6,8,11,13-14,22,25H,7,9-10H2,1H3,(H,23,24). The molecule has 2 heterocycles. The molecular weight excluding hydrogens is 310 g/mol. The number of hydrogen-bond donors (Lipinski definition) is 3. The van der Waals surface area contributed by atoms with Gasteiger partial charge in [-0.25, -0.2) is 4.98 Å². The van der Waals surface area contributed by atoms with Crippen molar-refractivity contribution in [3.8, 4) is 6.07 Å². The van der Waals surface area contributed by atoms with Crippen molar-refractivity contribution in [1.82, 2.24) is 9.97 Å². The molecule has 0 spiro atoms. The van der Waals surface area contributed by atoms with E-state index in [1.165, 1.54) is 0 Å². The van der Waals surface area contributed by atoms with Crippen molar-refractivity contribution in [3.63, 3.8) is 0 Å². The Morgan fingerprint density at radius 2 is 2.24 bits per heavy atom. The minimum absolute atomic E-state index is 0.227. The van der Waals surface area contributed by atoms with E-state index in [0.717, 1.165) is 22.3 Å². The van der Waals surface area contributed by atoms with Gasteiger partial charge in [-0.2, -0.15) is 5.26 Å². The Bertz CT molecular complexity index is 905. The summed E-state index contributed by atoms with van der Waals surface area (Å²) < 4.78 is 0. The molecule has 0 fully saturated rings. The third kappa shape index (κ3) is 4.04. The van der Waals surface area contributed by atoms with Crippen LogP contribution in [-0.2, 0) is 0 Å². The fourth-order valence-corrected chi connectivity index (χ4v) is 3.01. The molecule has 0 aliphatic heterocycles. The first-order valence-corrected chi connectivity index (χ1v) is 8.39. The molecule has 2 aromatic heterocycles. The second kappa shape index (κ2) is 7.63. The van der Waals surface area contributed by atoms with E-state index in [9.17, 15) is 0 Å². The van der Waals surface area contributed by atoms with Crippen molar-refractivity contribution in [1.29, 1.82) is 10.7 Å². The number of benzene rings is 1. The third-order valence-electron chi connectivity index (χ3n) is 4.32. The van der Waals surface area contributed by atoms with Gasteiger partial charge in [-0.05, 0) is 48.2 Å². The van der Waals surface area contributed by atoms with Crippen LogP contribution in [0, 0.1) is 16.7 Å². The van der Waals surface area contributed by atoms with Gasteiger partial charge in [0.05, 0.1) is 11.6 Å². The second-order valence-electron chi connectivity index (χ2n) is 6.22. The van der Waals surface area contributed by atoms with Crippen molar-refractivity contribution in [3.05, 3.63) is 59.9 Å². The van der Waals surface area contributed by atoms with Gasteiger partial charge in [0.1, 0.15) is 5.82 Å². The largest absolute Gasteiger partial charge is 0.370 e. The van der Waals surface area contributed by atoms with Crippen molar-refractivity contribution < 1.29 is 0 Å². The van der Waals surface area contributed by atoms with Crippen LogP contribution in [0.2, 0.25) is 0 Å². The first-order chi connectivity index (χ1) is 12.2. The lowest BCUT2D eigenvalue weighted by molar-refractivity contribution is 0.794. The molecule has 3 rings (SSSR count). The number of H-pyrrole nitrogens is 1. The zero-order valence-corrected chi connectivity index (χ0v) is 14.2. The molecule has 0 aliphatic rings. The Morgan fingerprint density at radius 1 is 1.36 bits per heavy atom. The first-order valence-electron chi connectivity index (χ1n) is 8.39. The summed E-state index contributed by atoms with van der Waals surface area (Å²) in [6, 6.07) is 13.6. The number of fused-ring (bicyclic) bond motifs is 1. The fraction of sp³-hybridized carbons (Fsp3) is 0.250. The Morgan fingerprint density at radius 3 is 3.00 bits per heavy atom. The second-order valence-corrected chi connectivity index (χ2v) is 6.22. The summed E-state index contributed by atoms with van der Waals surface area (Å²) >= 11 is 0. The Labute approximate surface area is 147 Å². The molecule has 1 aromatic carbocycles. The van der Waals surface area contributed by atoms with E-state index in [2.05, 4.69) is 28.3 Å². The number of aromatic amines is 1. The summed E-state index contributed by atoms with van der Waals surface area (Å²) in [5, 5.41) is 21.7. The van der Waals surface area contributed by atoms with Crippen LogP contribution >= 0.6 is 0 Å². The highest BCUT2D eigenvalue weighted by Gasteiger charge is 2.14. The van der Waals surface area contributed by atoms with Crippen LogP contribution in [-0.4, -0.2) is 22.2 Å². The highest BCUT2D eigenvalue weighted by atomic mass is 15.0. The van der Waals surface area contributed by atoms with E-state index in [4.69, 9.17) is 10.7 Å². The summed E-state index contributed by atoms with van der Waals surface area (Å²) in [6.45, 7) is 2.83. The summed E-state index contributed by atoms with van der Waals surface area (Å²) in [5.41, 5.74) is 3.57. The molecule has 5 heteroatoms. The van der Waals surface area contributed by atoms with Crippen LogP contribution in [0.1, 0.15) is 36.8 Å². The SMILES string of the molecule is CC(CC(=N)CCNc1ccccn1)c1c[nH]c2ccc(C#N)cc12. The number of pyridine rings is 1. The fourth-order valence-electron chi connectivity index (χ4n) is 3.01. The maximum absolute atomic E-state index is 9.09. The molecule has 0 radical (unpaired) electrons. The Kier molecular flexibility index (Phi) is 5.10. The van der Waals surface area contributed by atoms with Gasteiger partial charge in [-0.1, -0.05) is 13.0 Å². The monoisotopic (exact) mass is 331 g/mol. The summed E-state index contributed by atoms with van der Waals surface area (Å²) in [6.07, 6.45) is 5.14. The number of anilines is 1. The highest BCUT2D eigenvalue weighted by Crippen LogP contribution is 2.28. The van der Waals surface area contributed by atoms with Gasteiger partial charge in [-0.3, -0.25) is 0 Å². The molecule has 0 bridgehead atoms. The minimum Gasteiger partial charge on any atom is -0.370 e. The van der Waals surface area contributed by atoms with E-state index in [1.807, 2.05) is 42.6 Å². The molecule has 3 N–H and O–H groups in total. The minimum atomic E-state index is 0.227. The van der Waals surface area contributed by atoms with E-state index < -0.39 is 0 Å². The molecule has 0 aliphatic carbocycles. The van der Waals surface area contributed by atoms with Gasteiger partial charge in [0.2, 0.25) is 0 Å². The van der Waals surface area contributed by atoms with Crippen LogP contribution in [0.25, 0.3) is 10.9 Å². The van der Waals surface area contributed by atoms with Crippen LogP contribution in [0.4, 0.5) is 5.82 Å². The quantitative estimate of drug-likeness (QED) is 0.559. The lowest BCUT2D eigenvalue weighted by atomic mass is 9.93. The van der Waals surface area contributed by atoms with Crippen LogP contribution in [0.15, 0.2) is 48.8 Å². The number of rotatable bonds is 7. The first kappa shape index (κ1) is 16.7. The zero-order chi connectivity index (χ0) is 17.6. The van der Waals surface area contributed by atoms with Crippen molar-refractivity contribution in [2.75, 3.05) is 11.9 Å². The number of nitrogens with one attached hydrogen (secondary N) is 3. The van der Waals surface area contributed by atoms with Crippen molar-refractivity contribution >= 4 is 22.4 Å². The lowest BCUT2D eigenvalue weighted by Crippen LogP contribution is -2.10. The van der Waals surface area contributed by atoms with Gasteiger partial charge < -0.3 is 15.7 Å². The summed E-state index contributed by atoms with van der Waals surface area (Å²) in [7, 11) is 0. The van der Waals surface area contributed by atoms with Crippen LogP contribution in [0.3, 0.4) is 0 Å². The van der Waals surface area contributed by atoms with Gasteiger partial charge >= 0.3 is 0 Å². The summed E-state index contributed by atoms with van der Waals surface area (Å²) in [5.74, 6) is 1.06. The van der Waals surface area contributed by atoms with Crippen LogP contribution in [0.5, 0.6) is 0 Å². The van der Waals surface area contributed by atoms with E-state index in [1.54, 1.807) is 6.20 Å². The average Bonchev–Trinajstić information content (AvgIpc) is 3.05. The molecule has 126 valence electrons. The number of nitriles is 1. The molecule has 0 amide bonds. The maximum atomic E-state index is 9.09.